The second-order valence-corrected chi connectivity index (χ2v) is 7.09. The molecule has 1 atom stereocenters. The van der Waals surface area contributed by atoms with Crippen molar-refractivity contribution in [2.45, 2.75) is 6.04 Å². The third-order valence-corrected chi connectivity index (χ3v) is 5.48. The summed E-state index contributed by atoms with van der Waals surface area (Å²) in [6, 6.07) is 14.3. The second kappa shape index (κ2) is 8.47. The van der Waals surface area contributed by atoms with Gasteiger partial charge in [0.05, 0.1) is 26.9 Å². The molecule has 2 heterocycles. The van der Waals surface area contributed by atoms with Crippen LogP contribution in [0, 0.1) is 11.3 Å². The fraction of sp³-hybridized carbons (Fsp3) is 0.304. The van der Waals surface area contributed by atoms with Crippen LogP contribution in [0.15, 0.2) is 42.6 Å². The predicted molar refractivity (Wildman–Crippen MR) is 116 cm³/mol. The summed E-state index contributed by atoms with van der Waals surface area (Å²) >= 11 is 0. The van der Waals surface area contributed by atoms with Crippen LogP contribution in [0.25, 0.3) is 10.8 Å². The number of nitrogens with zero attached hydrogens (tertiary/aromatic N) is 3. The van der Waals surface area contributed by atoms with E-state index < -0.39 is 0 Å². The predicted octanol–water partition coefficient (Wildman–Crippen LogP) is 3.28. The van der Waals surface area contributed by atoms with Gasteiger partial charge < -0.3 is 24.4 Å². The summed E-state index contributed by atoms with van der Waals surface area (Å²) in [5.41, 5.74) is 1.70. The molecule has 1 aliphatic rings. The Balaban J connectivity index is 1.73. The summed E-state index contributed by atoms with van der Waals surface area (Å²) in [6.45, 7) is 2.40. The van der Waals surface area contributed by atoms with Crippen molar-refractivity contribution in [2.75, 3.05) is 45.9 Å². The van der Waals surface area contributed by atoms with Crippen LogP contribution in [0.4, 0.5) is 5.82 Å². The van der Waals surface area contributed by atoms with Crippen molar-refractivity contribution in [3.63, 3.8) is 0 Å². The fourth-order valence-electron chi connectivity index (χ4n) is 3.89. The third kappa shape index (κ3) is 3.58. The zero-order chi connectivity index (χ0) is 21.1. The largest absolute Gasteiger partial charge is 0.497 e. The molecule has 0 aliphatic carbocycles. The highest BCUT2D eigenvalue weighted by atomic mass is 16.5. The van der Waals surface area contributed by atoms with Crippen LogP contribution in [0.2, 0.25) is 0 Å². The van der Waals surface area contributed by atoms with E-state index >= 15 is 0 Å². The van der Waals surface area contributed by atoms with Gasteiger partial charge >= 0.3 is 0 Å². The molecule has 1 saturated heterocycles. The van der Waals surface area contributed by atoms with E-state index in [4.69, 9.17) is 14.2 Å². The van der Waals surface area contributed by atoms with Crippen LogP contribution in [-0.2, 0) is 0 Å². The van der Waals surface area contributed by atoms with Gasteiger partial charge in [0, 0.05) is 42.6 Å². The molecule has 1 N–H and O–H groups in total. The molecule has 1 fully saturated rings. The lowest BCUT2D eigenvalue weighted by atomic mass is 10.0. The number of fused-ring (bicyclic) bond motifs is 1. The Morgan fingerprint density at radius 3 is 2.37 bits per heavy atom. The SMILES string of the molecule is COc1ccc([C@H]2CN(c3ncc(C#N)c4cc(OC)c(OC)cc34)CCN2)cc1. The number of hydrogen-bond donors (Lipinski definition) is 1. The van der Waals surface area contributed by atoms with Gasteiger partial charge in [0.1, 0.15) is 17.6 Å². The van der Waals surface area contributed by atoms with E-state index in [1.54, 1.807) is 27.5 Å². The Morgan fingerprint density at radius 2 is 1.73 bits per heavy atom. The zero-order valence-corrected chi connectivity index (χ0v) is 17.3. The number of aromatic nitrogens is 1. The maximum absolute atomic E-state index is 9.56. The number of ether oxygens (including phenoxy) is 3. The molecule has 0 radical (unpaired) electrons. The number of nitrogens with one attached hydrogen (secondary N) is 1. The number of pyridine rings is 1. The smallest absolute Gasteiger partial charge is 0.161 e. The van der Waals surface area contributed by atoms with Crippen molar-refractivity contribution in [1.82, 2.24) is 10.3 Å². The molecule has 1 aliphatic heterocycles. The second-order valence-electron chi connectivity index (χ2n) is 7.09. The number of anilines is 1. The minimum absolute atomic E-state index is 0.164. The molecule has 3 aromatic rings. The normalized spacial score (nSPS) is 16.2. The minimum atomic E-state index is 0.164. The summed E-state index contributed by atoms with van der Waals surface area (Å²) in [6.07, 6.45) is 1.63. The van der Waals surface area contributed by atoms with Gasteiger partial charge in [-0.1, -0.05) is 12.1 Å². The fourth-order valence-corrected chi connectivity index (χ4v) is 3.89. The molecule has 2 aromatic carbocycles. The van der Waals surface area contributed by atoms with Gasteiger partial charge in [0.15, 0.2) is 11.5 Å². The molecule has 7 nitrogen and oxygen atoms in total. The van der Waals surface area contributed by atoms with Gasteiger partial charge in [0.25, 0.3) is 0 Å². The summed E-state index contributed by atoms with van der Waals surface area (Å²) in [5, 5.41) is 14.8. The monoisotopic (exact) mass is 404 g/mol. The molecule has 154 valence electrons. The van der Waals surface area contributed by atoms with Gasteiger partial charge in [-0.3, -0.25) is 0 Å². The quantitative estimate of drug-likeness (QED) is 0.699. The molecule has 0 saturated carbocycles. The highest BCUT2D eigenvalue weighted by molar-refractivity contribution is 5.98. The number of methoxy groups -OCH3 is 3. The van der Waals surface area contributed by atoms with Crippen LogP contribution in [0.1, 0.15) is 17.2 Å². The molecule has 0 unspecified atom stereocenters. The van der Waals surface area contributed by atoms with E-state index in [-0.39, 0.29) is 6.04 Å². The Hall–Kier alpha value is -3.50. The lowest BCUT2D eigenvalue weighted by Crippen LogP contribution is -2.46. The number of piperazine rings is 1. The number of rotatable bonds is 5. The first-order chi connectivity index (χ1) is 14.7. The highest BCUT2D eigenvalue weighted by Crippen LogP contribution is 2.38. The summed E-state index contributed by atoms with van der Waals surface area (Å²) in [4.78, 5) is 6.90. The highest BCUT2D eigenvalue weighted by Gasteiger charge is 2.24. The first-order valence-electron chi connectivity index (χ1n) is 9.75. The first-order valence-corrected chi connectivity index (χ1v) is 9.75. The molecule has 0 amide bonds. The molecule has 1 aromatic heterocycles. The van der Waals surface area contributed by atoms with Crippen molar-refractivity contribution in [3.05, 3.63) is 53.7 Å². The number of nitriles is 1. The van der Waals surface area contributed by atoms with E-state index in [9.17, 15) is 5.26 Å². The van der Waals surface area contributed by atoms with Gasteiger partial charge in [0.2, 0.25) is 0 Å². The van der Waals surface area contributed by atoms with Crippen LogP contribution in [-0.4, -0.2) is 45.9 Å². The molecular formula is C23H24N4O3. The van der Waals surface area contributed by atoms with Crippen molar-refractivity contribution >= 4 is 16.6 Å². The van der Waals surface area contributed by atoms with E-state index in [0.29, 0.717) is 17.1 Å². The van der Waals surface area contributed by atoms with Crippen LogP contribution in [0.3, 0.4) is 0 Å². The Bertz CT molecular complexity index is 1090. The third-order valence-electron chi connectivity index (χ3n) is 5.48. The minimum Gasteiger partial charge on any atom is -0.497 e. The molecular weight excluding hydrogens is 380 g/mol. The maximum atomic E-state index is 9.56. The van der Waals surface area contributed by atoms with E-state index in [1.807, 2.05) is 24.3 Å². The van der Waals surface area contributed by atoms with Crippen LogP contribution in [0.5, 0.6) is 17.2 Å². The van der Waals surface area contributed by atoms with Crippen molar-refractivity contribution in [1.29, 1.82) is 5.26 Å². The van der Waals surface area contributed by atoms with Gasteiger partial charge in [-0.05, 0) is 29.8 Å². The average Bonchev–Trinajstić information content (AvgIpc) is 2.82. The Kier molecular flexibility index (Phi) is 5.59. The van der Waals surface area contributed by atoms with E-state index in [2.05, 4.69) is 33.4 Å². The summed E-state index contributed by atoms with van der Waals surface area (Å²) < 4.78 is 16.2. The number of hydrogen-bond acceptors (Lipinski definition) is 7. The van der Waals surface area contributed by atoms with E-state index in [1.165, 1.54) is 5.56 Å². The molecule has 0 spiro atoms. The number of benzene rings is 2. The lowest BCUT2D eigenvalue weighted by Gasteiger charge is -2.35. The van der Waals surface area contributed by atoms with Gasteiger partial charge in [-0.25, -0.2) is 4.98 Å². The summed E-state index contributed by atoms with van der Waals surface area (Å²) in [5.74, 6) is 2.89. The molecule has 4 rings (SSSR count). The standard InChI is InChI=1S/C23H24N4O3/c1-28-17-6-4-15(5-7-17)20-14-27(9-8-25-20)23-19-11-22(30-3)21(29-2)10-18(19)16(12-24)13-26-23/h4-7,10-11,13,20,25H,8-9,14H2,1-3H3/t20-/m1/s1. The van der Waals surface area contributed by atoms with Crippen LogP contribution < -0.4 is 24.4 Å². The van der Waals surface area contributed by atoms with Crippen molar-refractivity contribution in [2.24, 2.45) is 0 Å². The first kappa shape index (κ1) is 19.8. The summed E-state index contributed by atoms with van der Waals surface area (Å²) in [7, 11) is 4.86. The van der Waals surface area contributed by atoms with Gasteiger partial charge in [-0.2, -0.15) is 5.26 Å². The Morgan fingerprint density at radius 1 is 1.03 bits per heavy atom. The molecule has 30 heavy (non-hydrogen) atoms. The van der Waals surface area contributed by atoms with Gasteiger partial charge in [-0.15, -0.1) is 0 Å². The molecule has 0 bridgehead atoms. The molecule has 7 heteroatoms. The maximum Gasteiger partial charge on any atom is 0.161 e. The lowest BCUT2D eigenvalue weighted by molar-refractivity contribution is 0.356. The topological polar surface area (TPSA) is 79.6 Å². The van der Waals surface area contributed by atoms with Crippen molar-refractivity contribution in [3.8, 4) is 23.3 Å². The zero-order valence-electron chi connectivity index (χ0n) is 17.3. The van der Waals surface area contributed by atoms with Crippen LogP contribution >= 0.6 is 0 Å². The Labute approximate surface area is 175 Å². The van der Waals surface area contributed by atoms with E-state index in [0.717, 1.165) is 42.0 Å². The average molecular weight is 404 g/mol. The van der Waals surface area contributed by atoms with Crippen molar-refractivity contribution < 1.29 is 14.2 Å².